The van der Waals surface area contributed by atoms with Crippen molar-refractivity contribution in [2.24, 2.45) is 0 Å². The Morgan fingerprint density at radius 1 is 0.950 bits per heavy atom. The van der Waals surface area contributed by atoms with Crippen molar-refractivity contribution in [1.82, 2.24) is 14.5 Å². The third kappa shape index (κ3) is 5.13. The number of amides is 1. The molecule has 0 atom stereocenters. The Morgan fingerprint density at radius 3 is 2.38 bits per heavy atom. The summed E-state index contributed by atoms with van der Waals surface area (Å²) in [7, 11) is 1.53. The predicted molar refractivity (Wildman–Crippen MR) is 153 cm³/mol. The smallest absolute Gasteiger partial charge is 0.336 e. The van der Waals surface area contributed by atoms with Gasteiger partial charge in [0.2, 0.25) is 0 Å². The fraction of sp³-hybridized carbons (Fsp3) is 0.125. The molecule has 8 nitrogen and oxygen atoms in total. The Morgan fingerprint density at radius 2 is 1.68 bits per heavy atom. The maximum absolute atomic E-state index is 13.9. The van der Waals surface area contributed by atoms with Gasteiger partial charge >= 0.3 is 5.69 Å². The van der Waals surface area contributed by atoms with E-state index in [9.17, 15) is 19.6 Å². The van der Waals surface area contributed by atoms with Crippen LogP contribution in [-0.2, 0) is 13.1 Å². The largest absolute Gasteiger partial charge is 0.497 e. The number of carbonyl (C=O) groups excluding carboxylic acids is 1. The molecule has 8 heteroatoms. The van der Waals surface area contributed by atoms with Gasteiger partial charge in [0.25, 0.3) is 11.5 Å². The van der Waals surface area contributed by atoms with Crippen LogP contribution >= 0.6 is 0 Å². The van der Waals surface area contributed by atoms with Gasteiger partial charge in [0.1, 0.15) is 5.75 Å². The van der Waals surface area contributed by atoms with Crippen LogP contribution in [0.1, 0.15) is 32.6 Å². The molecule has 1 aromatic heterocycles. The highest BCUT2D eigenvalue weighted by Crippen LogP contribution is 2.18. The van der Waals surface area contributed by atoms with Gasteiger partial charge in [-0.15, -0.1) is 0 Å². The molecule has 1 amide bonds. The predicted octanol–water partition coefficient (Wildman–Crippen LogP) is 4.32. The number of aromatic nitrogens is 2. The van der Waals surface area contributed by atoms with Gasteiger partial charge in [0, 0.05) is 12.1 Å². The van der Waals surface area contributed by atoms with E-state index in [1.165, 1.54) is 11.7 Å². The molecule has 0 saturated carbocycles. The number of nitrogens with zero attached hydrogens (tertiary/aromatic N) is 3. The molecule has 4 aromatic carbocycles. The normalized spacial score (nSPS) is 10.7. The van der Waals surface area contributed by atoms with E-state index in [1.807, 2.05) is 31.2 Å². The molecule has 0 fully saturated rings. The van der Waals surface area contributed by atoms with Gasteiger partial charge < -0.3 is 10.1 Å². The molecule has 198 valence electrons. The van der Waals surface area contributed by atoms with Gasteiger partial charge in [0.05, 0.1) is 41.9 Å². The first-order chi connectivity index (χ1) is 19.4. The van der Waals surface area contributed by atoms with Crippen molar-refractivity contribution < 1.29 is 9.53 Å². The Bertz CT molecular complexity index is 1880. The lowest BCUT2D eigenvalue weighted by Gasteiger charge is -2.16. The molecular formula is C32H26N4O4. The molecule has 0 bridgehead atoms. The minimum absolute atomic E-state index is 0.0317. The molecular weight excluding hydrogens is 504 g/mol. The molecule has 0 unspecified atom stereocenters. The first-order valence-corrected chi connectivity index (χ1v) is 12.7. The van der Waals surface area contributed by atoms with E-state index in [0.29, 0.717) is 40.2 Å². The number of nitrogens with one attached hydrogen (secondary N) is 1. The van der Waals surface area contributed by atoms with Crippen LogP contribution < -0.4 is 21.3 Å². The van der Waals surface area contributed by atoms with Crippen molar-refractivity contribution in [3.05, 3.63) is 140 Å². The van der Waals surface area contributed by atoms with Crippen LogP contribution in [0.15, 0.2) is 101 Å². The molecule has 0 aliphatic rings. The number of rotatable bonds is 7. The molecule has 0 radical (unpaired) electrons. The lowest BCUT2D eigenvalue weighted by atomic mass is 10.1. The molecule has 40 heavy (non-hydrogen) atoms. The zero-order valence-electron chi connectivity index (χ0n) is 22.0. The number of nitriles is 1. The van der Waals surface area contributed by atoms with E-state index in [0.717, 1.165) is 15.7 Å². The van der Waals surface area contributed by atoms with E-state index in [2.05, 4.69) is 11.4 Å². The van der Waals surface area contributed by atoms with Crippen molar-refractivity contribution in [2.45, 2.75) is 20.0 Å². The molecule has 0 spiro atoms. The van der Waals surface area contributed by atoms with E-state index in [1.54, 1.807) is 66.7 Å². The van der Waals surface area contributed by atoms with Gasteiger partial charge in [-0.25, -0.2) is 9.36 Å². The molecule has 0 saturated heterocycles. The van der Waals surface area contributed by atoms with Crippen molar-refractivity contribution in [1.29, 1.82) is 5.26 Å². The van der Waals surface area contributed by atoms with Crippen LogP contribution in [0.3, 0.4) is 0 Å². The highest BCUT2D eigenvalue weighted by molar-refractivity contribution is 5.97. The molecule has 5 aromatic rings. The maximum Gasteiger partial charge on any atom is 0.336 e. The quantitative estimate of drug-likeness (QED) is 0.337. The number of methoxy groups -OCH3 is 1. The fourth-order valence-electron chi connectivity index (χ4n) is 4.55. The number of ether oxygens (including phenoxy) is 1. The van der Waals surface area contributed by atoms with Gasteiger partial charge in [0.15, 0.2) is 0 Å². The molecule has 0 aliphatic carbocycles. The van der Waals surface area contributed by atoms with Crippen LogP contribution in [0, 0.1) is 18.3 Å². The summed E-state index contributed by atoms with van der Waals surface area (Å²) in [6.07, 6.45) is 0. The highest BCUT2D eigenvalue weighted by atomic mass is 16.5. The van der Waals surface area contributed by atoms with Crippen LogP contribution in [0.2, 0.25) is 0 Å². The summed E-state index contributed by atoms with van der Waals surface area (Å²) in [5.41, 5.74) is 2.99. The summed E-state index contributed by atoms with van der Waals surface area (Å²) in [5, 5.41) is 12.8. The van der Waals surface area contributed by atoms with Crippen molar-refractivity contribution in [3.63, 3.8) is 0 Å². The van der Waals surface area contributed by atoms with E-state index in [-0.39, 0.29) is 17.8 Å². The van der Waals surface area contributed by atoms with Crippen LogP contribution in [-0.4, -0.2) is 22.2 Å². The lowest BCUT2D eigenvalue weighted by molar-refractivity contribution is 0.0951. The molecule has 0 aliphatic heterocycles. The third-order valence-corrected chi connectivity index (χ3v) is 6.78. The average Bonchev–Trinajstić information content (AvgIpc) is 2.99. The zero-order chi connectivity index (χ0) is 28.2. The third-order valence-electron chi connectivity index (χ3n) is 6.78. The number of carbonyl (C=O) groups is 1. The van der Waals surface area contributed by atoms with Crippen LogP contribution in [0.4, 0.5) is 0 Å². The van der Waals surface area contributed by atoms with Crippen LogP contribution in [0.25, 0.3) is 16.6 Å². The monoisotopic (exact) mass is 530 g/mol. The van der Waals surface area contributed by atoms with E-state index >= 15 is 0 Å². The molecule has 1 N–H and O–H groups in total. The Kier molecular flexibility index (Phi) is 7.29. The second-order valence-electron chi connectivity index (χ2n) is 9.38. The number of hydrogen-bond donors (Lipinski definition) is 1. The topological polar surface area (TPSA) is 106 Å². The number of fused-ring (bicyclic) bond motifs is 1. The summed E-state index contributed by atoms with van der Waals surface area (Å²) >= 11 is 0. The first-order valence-electron chi connectivity index (χ1n) is 12.7. The van der Waals surface area contributed by atoms with Crippen LogP contribution in [0.5, 0.6) is 5.75 Å². The lowest BCUT2D eigenvalue weighted by Crippen LogP contribution is -2.39. The number of aryl methyl sites for hydroxylation is 1. The summed E-state index contributed by atoms with van der Waals surface area (Å²) in [6, 6.07) is 28.3. The zero-order valence-corrected chi connectivity index (χ0v) is 22.0. The second kappa shape index (κ2) is 11.1. The second-order valence-corrected chi connectivity index (χ2v) is 9.38. The standard InChI is InChI=1S/C32H26N4O4/c1-21-7-9-22(10-8-21)19-34-30(37)23-11-16-28-29(17-23)35(20-25-6-4-3-5-24(25)18-33)32(39)36(31(28)38)26-12-14-27(40-2)15-13-26/h3-17H,19-20H2,1-2H3,(H,34,37). The summed E-state index contributed by atoms with van der Waals surface area (Å²) in [5.74, 6) is 0.250. The average molecular weight is 531 g/mol. The fourth-order valence-corrected chi connectivity index (χ4v) is 4.55. The van der Waals surface area contributed by atoms with E-state index < -0.39 is 11.2 Å². The van der Waals surface area contributed by atoms with Crippen molar-refractivity contribution in [3.8, 4) is 17.5 Å². The van der Waals surface area contributed by atoms with Gasteiger partial charge in [-0.1, -0.05) is 48.0 Å². The van der Waals surface area contributed by atoms with Gasteiger partial charge in [-0.2, -0.15) is 5.26 Å². The highest BCUT2D eigenvalue weighted by Gasteiger charge is 2.18. The number of hydrogen-bond acceptors (Lipinski definition) is 5. The minimum atomic E-state index is -0.590. The number of benzene rings is 4. The van der Waals surface area contributed by atoms with E-state index in [4.69, 9.17) is 4.74 Å². The van der Waals surface area contributed by atoms with Gasteiger partial charge in [-0.3, -0.25) is 14.2 Å². The molecule has 5 rings (SSSR count). The first kappa shape index (κ1) is 26.2. The summed E-state index contributed by atoms with van der Waals surface area (Å²) < 4.78 is 7.73. The van der Waals surface area contributed by atoms with Crippen molar-refractivity contribution >= 4 is 16.8 Å². The Hall–Kier alpha value is -5.42. The van der Waals surface area contributed by atoms with Crippen molar-refractivity contribution in [2.75, 3.05) is 7.11 Å². The molecule has 1 heterocycles. The summed E-state index contributed by atoms with van der Waals surface area (Å²) in [6.45, 7) is 2.36. The van der Waals surface area contributed by atoms with Gasteiger partial charge in [-0.05, 0) is 66.6 Å². The maximum atomic E-state index is 13.9. The minimum Gasteiger partial charge on any atom is -0.497 e. The Balaban J connectivity index is 1.63. The SMILES string of the molecule is COc1ccc(-n2c(=O)c3ccc(C(=O)NCc4ccc(C)cc4)cc3n(Cc3ccccc3C#N)c2=O)cc1. The Labute approximate surface area is 230 Å². The summed E-state index contributed by atoms with van der Waals surface area (Å²) in [4.78, 5) is 40.6.